The van der Waals surface area contributed by atoms with Crippen LogP contribution in [-0.2, 0) is 0 Å². The number of benzene rings is 1. The highest BCUT2D eigenvalue weighted by Gasteiger charge is 2.23. The second-order valence-electron chi connectivity index (χ2n) is 5.91. The first-order valence-corrected chi connectivity index (χ1v) is 8.36. The predicted molar refractivity (Wildman–Crippen MR) is 90.0 cm³/mol. The number of ether oxygens (including phenoxy) is 1. The maximum Gasteiger partial charge on any atom is 0.436 e. The van der Waals surface area contributed by atoms with Gasteiger partial charge in [0.1, 0.15) is 5.75 Å². The van der Waals surface area contributed by atoms with Gasteiger partial charge in [0.15, 0.2) is 0 Å². The van der Waals surface area contributed by atoms with E-state index in [9.17, 15) is 9.90 Å². The van der Waals surface area contributed by atoms with E-state index in [2.05, 4.69) is 16.3 Å². The van der Waals surface area contributed by atoms with E-state index in [0.717, 1.165) is 19.3 Å². The van der Waals surface area contributed by atoms with Crippen LogP contribution in [0.2, 0.25) is 0 Å². The summed E-state index contributed by atoms with van der Waals surface area (Å²) in [6.45, 7) is 0.373. The Morgan fingerprint density at radius 2 is 2.16 bits per heavy atom. The molecule has 0 saturated carbocycles. The van der Waals surface area contributed by atoms with Gasteiger partial charge in [-0.2, -0.15) is 0 Å². The van der Waals surface area contributed by atoms with Crippen LogP contribution in [0.25, 0.3) is 5.69 Å². The zero-order valence-electron chi connectivity index (χ0n) is 14.2. The molecule has 1 aliphatic carbocycles. The van der Waals surface area contributed by atoms with Crippen molar-refractivity contribution < 1.29 is 19.0 Å². The summed E-state index contributed by atoms with van der Waals surface area (Å²) in [5.41, 5.74) is 1.05. The van der Waals surface area contributed by atoms with Crippen LogP contribution in [0, 0.1) is 0 Å². The molecule has 0 fully saturated rings. The van der Waals surface area contributed by atoms with Crippen molar-refractivity contribution in [3.63, 3.8) is 0 Å². The van der Waals surface area contributed by atoms with Crippen molar-refractivity contribution in [1.29, 1.82) is 0 Å². The third-order valence-electron chi connectivity index (χ3n) is 4.25. The summed E-state index contributed by atoms with van der Waals surface area (Å²) in [6, 6.07) is 6.89. The minimum atomic E-state index is -0.735. The number of hydrogen-bond acceptors (Lipinski definition) is 5. The largest absolute Gasteiger partial charge is 0.854 e. The molecular weight excluding hydrogens is 322 g/mol. The van der Waals surface area contributed by atoms with Crippen LogP contribution in [-0.4, -0.2) is 24.8 Å². The molecule has 0 bridgehead atoms. The summed E-state index contributed by atoms with van der Waals surface area (Å²) in [7, 11) is 1.57. The smallest absolute Gasteiger partial charge is 0.436 e. The number of nitrogens with one attached hydrogen (secondary N) is 1. The van der Waals surface area contributed by atoms with Gasteiger partial charge in [-0.1, -0.05) is 11.6 Å². The molecule has 0 saturated heterocycles. The van der Waals surface area contributed by atoms with Crippen LogP contribution in [0.3, 0.4) is 0 Å². The van der Waals surface area contributed by atoms with E-state index in [4.69, 9.17) is 9.26 Å². The Kier molecular flexibility index (Phi) is 5.33. The van der Waals surface area contributed by atoms with Crippen molar-refractivity contribution in [2.45, 2.75) is 32.1 Å². The van der Waals surface area contributed by atoms with Crippen LogP contribution in [0.5, 0.6) is 5.75 Å². The molecule has 2 aromatic rings. The van der Waals surface area contributed by atoms with Gasteiger partial charge in [-0.05, 0) is 54.2 Å². The summed E-state index contributed by atoms with van der Waals surface area (Å²) in [4.78, 5) is 15.9. The second kappa shape index (κ2) is 7.83. The zero-order chi connectivity index (χ0) is 17.6. The normalized spacial score (nSPS) is 15.1. The van der Waals surface area contributed by atoms with Crippen molar-refractivity contribution in [2.24, 2.45) is 4.99 Å². The minimum Gasteiger partial charge on any atom is -0.854 e. The number of H-pyrrole nitrogens is 1. The zero-order valence-corrected chi connectivity index (χ0v) is 14.2. The van der Waals surface area contributed by atoms with Gasteiger partial charge < -0.3 is 9.84 Å². The predicted octanol–water partition coefficient (Wildman–Crippen LogP) is 1.25. The molecule has 132 valence electrons. The molecule has 1 aromatic heterocycles. The number of nitrogens with zero attached hydrogens (tertiary/aromatic N) is 2. The SMILES string of the molecule is COc1ccc(-[n+]2[nH]oc(=O)c2C([O-])=NCCC2=CCCCC2)cc1. The fourth-order valence-electron chi connectivity index (χ4n) is 2.88. The summed E-state index contributed by atoms with van der Waals surface area (Å²) < 4.78 is 11.2. The number of aromatic nitrogens is 2. The van der Waals surface area contributed by atoms with Gasteiger partial charge in [-0.25, -0.2) is 4.79 Å². The van der Waals surface area contributed by atoms with Crippen molar-refractivity contribution >= 4 is 5.90 Å². The van der Waals surface area contributed by atoms with Crippen molar-refractivity contribution in [3.05, 3.63) is 52.0 Å². The van der Waals surface area contributed by atoms with Gasteiger partial charge in [0.05, 0.1) is 13.0 Å². The van der Waals surface area contributed by atoms with E-state index in [1.807, 2.05) is 0 Å². The second-order valence-corrected chi connectivity index (χ2v) is 5.91. The lowest BCUT2D eigenvalue weighted by Crippen LogP contribution is -2.44. The lowest BCUT2D eigenvalue weighted by molar-refractivity contribution is -0.673. The van der Waals surface area contributed by atoms with Crippen LogP contribution >= 0.6 is 0 Å². The number of aromatic amines is 1. The lowest BCUT2D eigenvalue weighted by Gasteiger charge is -2.11. The Hall–Kier alpha value is -2.83. The van der Waals surface area contributed by atoms with Gasteiger partial charge in [-0.15, -0.1) is 0 Å². The molecule has 7 heteroatoms. The molecule has 1 aromatic carbocycles. The summed E-state index contributed by atoms with van der Waals surface area (Å²) >= 11 is 0. The van der Waals surface area contributed by atoms with E-state index < -0.39 is 11.5 Å². The molecule has 0 spiro atoms. The van der Waals surface area contributed by atoms with Gasteiger partial charge in [0.25, 0.3) is 0 Å². The monoisotopic (exact) mass is 343 g/mol. The molecule has 7 nitrogen and oxygen atoms in total. The third kappa shape index (κ3) is 3.99. The fraction of sp³-hybridized carbons (Fsp3) is 0.389. The molecule has 1 aliphatic rings. The Morgan fingerprint density at radius 1 is 1.36 bits per heavy atom. The first-order valence-electron chi connectivity index (χ1n) is 8.36. The summed E-state index contributed by atoms with van der Waals surface area (Å²) in [6.07, 6.45) is 7.57. The van der Waals surface area contributed by atoms with Gasteiger partial charge in [-0.3, -0.25) is 9.52 Å². The number of aliphatic imine (C=N–C) groups is 1. The molecule has 25 heavy (non-hydrogen) atoms. The molecule has 3 rings (SSSR count). The van der Waals surface area contributed by atoms with Gasteiger partial charge in [0, 0.05) is 18.7 Å². The average molecular weight is 343 g/mol. The highest BCUT2D eigenvalue weighted by Crippen LogP contribution is 2.19. The van der Waals surface area contributed by atoms with Crippen LogP contribution < -0.4 is 20.2 Å². The maximum atomic E-state index is 12.4. The van der Waals surface area contributed by atoms with E-state index in [-0.39, 0.29) is 5.69 Å². The van der Waals surface area contributed by atoms with E-state index in [1.54, 1.807) is 31.4 Å². The number of hydrogen-bond donors (Lipinski definition) is 1. The third-order valence-corrected chi connectivity index (χ3v) is 4.25. The Balaban J connectivity index is 1.78. The highest BCUT2D eigenvalue weighted by atomic mass is 16.5. The molecule has 0 unspecified atom stereocenters. The average Bonchev–Trinajstić information content (AvgIpc) is 3.04. The van der Waals surface area contributed by atoms with Gasteiger partial charge in [0.2, 0.25) is 5.69 Å². The van der Waals surface area contributed by atoms with Gasteiger partial charge >= 0.3 is 11.3 Å². The highest BCUT2D eigenvalue weighted by molar-refractivity contribution is 5.86. The van der Waals surface area contributed by atoms with E-state index in [1.165, 1.54) is 23.1 Å². The van der Waals surface area contributed by atoms with E-state index in [0.29, 0.717) is 18.0 Å². The Labute approximate surface area is 145 Å². The lowest BCUT2D eigenvalue weighted by atomic mass is 9.97. The Morgan fingerprint density at radius 3 is 2.84 bits per heavy atom. The number of rotatable bonds is 6. The maximum absolute atomic E-state index is 12.4. The molecule has 0 aliphatic heterocycles. The van der Waals surface area contributed by atoms with Crippen molar-refractivity contribution in [2.75, 3.05) is 13.7 Å². The first kappa shape index (κ1) is 17.0. The Bertz CT molecular complexity index is 831. The van der Waals surface area contributed by atoms with Crippen LogP contribution in [0.1, 0.15) is 37.8 Å². The topological polar surface area (TPSA) is 94.5 Å². The van der Waals surface area contributed by atoms with Crippen molar-refractivity contribution in [1.82, 2.24) is 5.27 Å². The summed E-state index contributed by atoms with van der Waals surface area (Å²) in [5, 5.41) is 14.8. The van der Waals surface area contributed by atoms with E-state index >= 15 is 0 Å². The molecule has 0 radical (unpaired) electrons. The number of methoxy groups -OCH3 is 1. The molecule has 1 N–H and O–H groups in total. The first-order chi connectivity index (χ1) is 12.2. The van der Waals surface area contributed by atoms with Crippen LogP contribution in [0.4, 0.5) is 0 Å². The molecule has 0 atom stereocenters. The molecule has 1 heterocycles. The molecular formula is C18H21N3O4. The fourth-order valence-corrected chi connectivity index (χ4v) is 2.88. The van der Waals surface area contributed by atoms with Crippen molar-refractivity contribution in [3.8, 4) is 11.4 Å². The standard InChI is InChI=1S/C18H21N3O4/c1-24-15-9-7-14(8-10-15)21-16(18(23)25-20-21)17(22)19-12-11-13-5-3-2-4-6-13/h5,7-10H,2-4,6,11-12H2,1H3,(H-,19,20,22,23). The number of allylic oxidation sites excluding steroid dienone is 1. The van der Waals surface area contributed by atoms with Crippen LogP contribution in [0.15, 0.2) is 50.2 Å². The molecule has 0 amide bonds. The minimum absolute atomic E-state index is 0.136. The summed E-state index contributed by atoms with van der Waals surface area (Å²) in [5.74, 6) is 0.0933. The quantitative estimate of drug-likeness (QED) is 0.370.